The van der Waals surface area contributed by atoms with E-state index in [4.69, 9.17) is 14.2 Å². The summed E-state index contributed by atoms with van der Waals surface area (Å²) in [6.45, 7) is 0. The number of halogens is 1. The van der Waals surface area contributed by atoms with Gasteiger partial charge < -0.3 is 38.2 Å². The van der Waals surface area contributed by atoms with Crippen molar-refractivity contribution in [3.05, 3.63) is 59.8 Å². The smallest absolute Gasteiger partial charge is 0.212 e. The molecule has 5 heteroatoms. The first-order valence-corrected chi connectivity index (χ1v) is 8.03. The molecule has 1 aromatic heterocycles. The summed E-state index contributed by atoms with van der Waals surface area (Å²) in [6.07, 6.45) is 4.08. The molecular weight excluding hydrogens is 441 g/mol. The number of para-hydroxylation sites is 1. The van der Waals surface area contributed by atoms with E-state index in [0.717, 1.165) is 17.0 Å². The lowest BCUT2D eigenvalue weighted by Gasteiger charge is -2.12. The van der Waals surface area contributed by atoms with Crippen LogP contribution in [0.15, 0.2) is 48.5 Å². The molecule has 26 heavy (non-hydrogen) atoms. The van der Waals surface area contributed by atoms with Gasteiger partial charge in [-0.2, -0.15) is 4.57 Å². The van der Waals surface area contributed by atoms with E-state index in [-0.39, 0.29) is 24.0 Å². The first-order chi connectivity index (χ1) is 12.2. The number of rotatable bonds is 5. The molecule has 0 aliphatic carbocycles. The SMILES string of the molecule is COc1cc(OC)c(OC)cc1/C=C/c1ccc2ccccc2[n+]1C.[I-]. The molecule has 0 fully saturated rings. The van der Waals surface area contributed by atoms with Gasteiger partial charge >= 0.3 is 0 Å². The van der Waals surface area contributed by atoms with Gasteiger partial charge in [-0.1, -0.05) is 12.1 Å². The fourth-order valence-corrected chi connectivity index (χ4v) is 2.89. The van der Waals surface area contributed by atoms with Gasteiger partial charge in [-0.15, -0.1) is 0 Å². The highest BCUT2D eigenvalue weighted by Gasteiger charge is 2.12. The van der Waals surface area contributed by atoms with Crippen molar-refractivity contribution in [2.75, 3.05) is 21.3 Å². The largest absolute Gasteiger partial charge is 1.00 e. The summed E-state index contributed by atoms with van der Waals surface area (Å²) in [5.41, 5.74) is 3.20. The molecule has 2 aromatic carbocycles. The molecule has 4 nitrogen and oxygen atoms in total. The predicted octanol–water partition coefficient (Wildman–Crippen LogP) is 0.864. The number of hydrogen-bond acceptors (Lipinski definition) is 3. The van der Waals surface area contributed by atoms with Crippen LogP contribution in [0.1, 0.15) is 11.3 Å². The first-order valence-electron chi connectivity index (χ1n) is 8.03. The monoisotopic (exact) mass is 463 g/mol. The average molecular weight is 463 g/mol. The van der Waals surface area contributed by atoms with Gasteiger partial charge in [0.2, 0.25) is 11.2 Å². The minimum Gasteiger partial charge on any atom is -1.00 e. The summed E-state index contributed by atoms with van der Waals surface area (Å²) in [5, 5.41) is 1.21. The van der Waals surface area contributed by atoms with Crippen LogP contribution in [0.5, 0.6) is 17.2 Å². The molecule has 0 atom stereocenters. The van der Waals surface area contributed by atoms with Gasteiger partial charge in [0.25, 0.3) is 0 Å². The Balaban J connectivity index is 0.00000243. The number of ether oxygens (including phenoxy) is 3. The zero-order valence-corrected chi connectivity index (χ0v) is 17.5. The highest BCUT2D eigenvalue weighted by Crippen LogP contribution is 2.35. The molecule has 0 radical (unpaired) electrons. The molecule has 0 saturated carbocycles. The van der Waals surface area contributed by atoms with Crippen molar-refractivity contribution < 1.29 is 42.8 Å². The van der Waals surface area contributed by atoms with Gasteiger partial charge in [0.1, 0.15) is 12.8 Å². The van der Waals surface area contributed by atoms with Crippen molar-refractivity contribution in [1.82, 2.24) is 0 Å². The number of benzene rings is 2. The van der Waals surface area contributed by atoms with E-state index >= 15 is 0 Å². The third kappa shape index (κ3) is 3.93. The third-order valence-corrected chi connectivity index (χ3v) is 4.29. The summed E-state index contributed by atoms with van der Waals surface area (Å²) in [7, 11) is 6.95. The van der Waals surface area contributed by atoms with Crippen molar-refractivity contribution in [2.45, 2.75) is 0 Å². The van der Waals surface area contributed by atoms with Gasteiger partial charge in [-0.05, 0) is 24.3 Å². The number of aryl methyl sites for hydroxylation is 1. The van der Waals surface area contributed by atoms with Crippen molar-refractivity contribution in [3.8, 4) is 17.2 Å². The highest BCUT2D eigenvalue weighted by atomic mass is 127. The molecule has 1 heterocycles. The summed E-state index contributed by atoms with van der Waals surface area (Å²) >= 11 is 0. The maximum absolute atomic E-state index is 5.48. The molecule has 0 bridgehead atoms. The molecule has 0 aliphatic heterocycles. The number of hydrogen-bond donors (Lipinski definition) is 0. The molecular formula is C21H22INO3. The molecule has 0 aliphatic rings. The molecule has 0 spiro atoms. The fourth-order valence-electron chi connectivity index (χ4n) is 2.89. The van der Waals surface area contributed by atoms with Gasteiger partial charge in [0.05, 0.1) is 21.3 Å². The highest BCUT2D eigenvalue weighted by molar-refractivity contribution is 5.78. The molecule has 0 unspecified atom stereocenters. The third-order valence-electron chi connectivity index (χ3n) is 4.29. The van der Waals surface area contributed by atoms with E-state index in [1.165, 1.54) is 10.9 Å². The van der Waals surface area contributed by atoms with Gasteiger partial charge in [-0.3, -0.25) is 0 Å². The molecule has 3 rings (SSSR count). The van der Waals surface area contributed by atoms with Gasteiger partial charge in [0, 0.05) is 35.2 Å². The Kier molecular flexibility index (Phi) is 6.85. The second-order valence-corrected chi connectivity index (χ2v) is 5.66. The van der Waals surface area contributed by atoms with Crippen molar-refractivity contribution in [3.63, 3.8) is 0 Å². The Labute approximate surface area is 171 Å². The van der Waals surface area contributed by atoms with Crippen LogP contribution in [-0.4, -0.2) is 21.3 Å². The summed E-state index contributed by atoms with van der Waals surface area (Å²) in [6, 6.07) is 16.3. The van der Waals surface area contributed by atoms with Crippen LogP contribution in [0.4, 0.5) is 0 Å². The van der Waals surface area contributed by atoms with Gasteiger partial charge in [-0.25, -0.2) is 0 Å². The Hall–Kier alpha value is -2.28. The minimum absolute atomic E-state index is 0. The zero-order chi connectivity index (χ0) is 17.8. The Morgan fingerprint density at radius 3 is 2.12 bits per heavy atom. The van der Waals surface area contributed by atoms with Crippen molar-refractivity contribution in [2.24, 2.45) is 7.05 Å². The number of fused-ring (bicyclic) bond motifs is 1. The van der Waals surface area contributed by atoms with Gasteiger partial charge in [0.15, 0.2) is 11.5 Å². The number of methoxy groups -OCH3 is 3. The van der Waals surface area contributed by atoms with E-state index in [0.29, 0.717) is 11.5 Å². The first kappa shape index (κ1) is 20.0. The number of pyridine rings is 1. The molecule has 0 saturated heterocycles. The van der Waals surface area contributed by atoms with Crippen molar-refractivity contribution in [1.29, 1.82) is 0 Å². The summed E-state index contributed by atoms with van der Waals surface area (Å²) in [4.78, 5) is 0. The van der Waals surface area contributed by atoms with Crippen LogP contribution < -0.4 is 42.8 Å². The quantitative estimate of drug-likeness (QED) is 0.416. The lowest BCUT2D eigenvalue weighted by molar-refractivity contribution is -0.646. The average Bonchev–Trinajstić information content (AvgIpc) is 2.67. The van der Waals surface area contributed by atoms with Crippen LogP contribution >= 0.6 is 0 Å². The van der Waals surface area contributed by atoms with E-state index in [1.807, 2.05) is 30.3 Å². The minimum atomic E-state index is 0. The lowest BCUT2D eigenvalue weighted by atomic mass is 10.1. The fraction of sp³-hybridized carbons (Fsp3) is 0.190. The van der Waals surface area contributed by atoms with Crippen LogP contribution in [-0.2, 0) is 7.05 Å². The maximum Gasteiger partial charge on any atom is 0.212 e. The van der Waals surface area contributed by atoms with E-state index in [1.54, 1.807) is 21.3 Å². The van der Waals surface area contributed by atoms with Crippen LogP contribution in [0.25, 0.3) is 23.1 Å². The van der Waals surface area contributed by atoms with Crippen LogP contribution in [0, 0.1) is 0 Å². The van der Waals surface area contributed by atoms with E-state index < -0.39 is 0 Å². The standard InChI is InChI=1S/C21H22NO3.HI/c1-22-17(11-9-15-7-5-6-8-18(15)22)12-10-16-13-20(24-3)21(25-4)14-19(16)23-2;/h5-14H,1-4H3;1H/q+1;/p-1/b12-10+;. The van der Waals surface area contributed by atoms with Crippen LogP contribution in [0.3, 0.4) is 0 Å². The number of aromatic nitrogens is 1. The predicted molar refractivity (Wildman–Crippen MR) is 100 cm³/mol. The second-order valence-electron chi connectivity index (χ2n) is 5.66. The summed E-state index contributed by atoms with van der Waals surface area (Å²) in [5.74, 6) is 2.05. The normalized spacial score (nSPS) is 10.6. The second kappa shape index (κ2) is 8.89. The molecule has 0 N–H and O–H groups in total. The maximum atomic E-state index is 5.48. The van der Waals surface area contributed by atoms with E-state index in [9.17, 15) is 0 Å². The Morgan fingerprint density at radius 1 is 0.769 bits per heavy atom. The van der Waals surface area contributed by atoms with Crippen molar-refractivity contribution >= 4 is 23.1 Å². The van der Waals surface area contributed by atoms with E-state index in [2.05, 4.69) is 42.0 Å². The molecule has 0 amide bonds. The number of nitrogens with zero attached hydrogens (tertiary/aromatic N) is 1. The lowest BCUT2D eigenvalue weighted by Crippen LogP contribution is -3.00. The zero-order valence-electron chi connectivity index (χ0n) is 15.3. The summed E-state index contributed by atoms with van der Waals surface area (Å²) < 4.78 is 18.4. The molecule has 136 valence electrons. The van der Waals surface area contributed by atoms with Crippen LogP contribution in [0.2, 0.25) is 0 Å². The molecule has 3 aromatic rings. The Bertz CT molecular complexity index is 938. The Morgan fingerprint density at radius 2 is 1.42 bits per heavy atom. The topological polar surface area (TPSA) is 31.6 Å².